The third kappa shape index (κ3) is 3.41. The van der Waals surface area contributed by atoms with E-state index in [1.54, 1.807) is 13.3 Å². The van der Waals surface area contributed by atoms with E-state index in [1.807, 2.05) is 16.4 Å². The smallest absolute Gasteiger partial charge is 0.161 e. The van der Waals surface area contributed by atoms with Crippen molar-refractivity contribution in [1.29, 1.82) is 0 Å². The van der Waals surface area contributed by atoms with Crippen LogP contribution in [0, 0.1) is 0 Å². The quantitative estimate of drug-likeness (QED) is 0.828. The van der Waals surface area contributed by atoms with E-state index in [9.17, 15) is 0 Å². The molecule has 5 heteroatoms. The summed E-state index contributed by atoms with van der Waals surface area (Å²) in [6.45, 7) is 6.32. The molecule has 1 aromatic heterocycles. The lowest BCUT2D eigenvalue weighted by Gasteiger charge is -2.18. The van der Waals surface area contributed by atoms with E-state index in [4.69, 9.17) is 10.5 Å². The van der Waals surface area contributed by atoms with Gasteiger partial charge in [-0.3, -0.25) is 4.68 Å². The van der Waals surface area contributed by atoms with Crippen LogP contribution in [0.1, 0.15) is 44.1 Å². The van der Waals surface area contributed by atoms with Crippen molar-refractivity contribution in [2.75, 3.05) is 12.9 Å². The molecule has 1 unspecified atom stereocenters. The number of methoxy groups -OCH3 is 1. The first kappa shape index (κ1) is 15.9. The van der Waals surface area contributed by atoms with Crippen LogP contribution in [0.25, 0.3) is 0 Å². The second-order valence-corrected chi connectivity index (χ2v) is 6.45. The number of hydrogen-bond acceptors (Lipinski definition) is 4. The van der Waals surface area contributed by atoms with Crippen LogP contribution in [0.2, 0.25) is 0 Å². The van der Waals surface area contributed by atoms with Gasteiger partial charge in [0, 0.05) is 10.9 Å². The summed E-state index contributed by atoms with van der Waals surface area (Å²) in [5, 5.41) is 4.39. The zero-order chi connectivity index (χ0) is 15.4. The molecule has 1 aromatic carbocycles. The van der Waals surface area contributed by atoms with Crippen molar-refractivity contribution in [3.63, 3.8) is 0 Å². The maximum Gasteiger partial charge on any atom is 0.161 e. The Labute approximate surface area is 130 Å². The van der Waals surface area contributed by atoms with Crippen LogP contribution in [0.3, 0.4) is 0 Å². The molecule has 0 aliphatic rings. The minimum atomic E-state index is -0.245. The molecule has 1 heterocycles. The Bertz CT molecular complexity index is 578. The molecule has 0 aliphatic carbocycles. The van der Waals surface area contributed by atoms with E-state index >= 15 is 0 Å². The molecule has 4 nitrogen and oxygen atoms in total. The lowest BCUT2D eigenvalue weighted by molar-refractivity contribution is 0.401. The highest BCUT2D eigenvalue weighted by molar-refractivity contribution is 7.99. The number of thioether (sulfide) groups is 1. The molecular formula is C16H23N3OS. The van der Waals surface area contributed by atoms with Gasteiger partial charge in [0.2, 0.25) is 0 Å². The van der Waals surface area contributed by atoms with E-state index in [1.165, 1.54) is 4.90 Å². The third-order valence-electron chi connectivity index (χ3n) is 3.35. The Kier molecular flexibility index (Phi) is 5.31. The number of nitrogens with two attached hydrogens (primary N) is 1. The van der Waals surface area contributed by atoms with Gasteiger partial charge in [-0.2, -0.15) is 5.10 Å². The van der Waals surface area contributed by atoms with Crippen LogP contribution in [0.5, 0.6) is 5.75 Å². The molecule has 0 saturated carbocycles. The average molecular weight is 305 g/mol. The van der Waals surface area contributed by atoms with Gasteiger partial charge in [0.15, 0.2) is 5.75 Å². The Hall–Kier alpha value is -1.46. The predicted molar refractivity (Wildman–Crippen MR) is 88.0 cm³/mol. The molecule has 0 spiro atoms. The molecule has 0 bridgehead atoms. The van der Waals surface area contributed by atoms with Gasteiger partial charge in [-0.05, 0) is 37.3 Å². The first-order valence-electron chi connectivity index (χ1n) is 7.18. The van der Waals surface area contributed by atoms with Crippen molar-refractivity contribution in [1.82, 2.24) is 9.78 Å². The summed E-state index contributed by atoms with van der Waals surface area (Å²) in [5.74, 6) is 1.81. The highest BCUT2D eigenvalue weighted by atomic mass is 32.2. The number of rotatable bonds is 6. The fraction of sp³-hybridized carbons (Fsp3) is 0.438. The molecule has 114 valence electrons. The first-order valence-corrected chi connectivity index (χ1v) is 8.16. The molecule has 2 aromatic rings. The summed E-state index contributed by atoms with van der Waals surface area (Å²) in [6.07, 6.45) is 1.73. The fourth-order valence-electron chi connectivity index (χ4n) is 2.32. The van der Waals surface area contributed by atoms with Crippen molar-refractivity contribution >= 4 is 11.8 Å². The molecule has 1 atom stereocenters. The van der Waals surface area contributed by atoms with Gasteiger partial charge in [0.25, 0.3) is 0 Å². The number of hydrogen-bond donors (Lipinski definition) is 1. The minimum Gasteiger partial charge on any atom is -0.493 e. The Morgan fingerprint density at radius 1 is 1.29 bits per heavy atom. The van der Waals surface area contributed by atoms with Crippen molar-refractivity contribution in [3.8, 4) is 5.75 Å². The van der Waals surface area contributed by atoms with Crippen molar-refractivity contribution in [3.05, 3.63) is 41.7 Å². The van der Waals surface area contributed by atoms with Crippen molar-refractivity contribution in [2.24, 2.45) is 5.73 Å². The van der Waals surface area contributed by atoms with Crippen LogP contribution in [-0.2, 0) is 0 Å². The van der Waals surface area contributed by atoms with Gasteiger partial charge in [-0.1, -0.05) is 19.1 Å². The van der Waals surface area contributed by atoms with Gasteiger partial charge in [-0.25, -0.2) is 0 Å². The molecule has 2 rings (SSSR count). The largest absolute Gasteiger partial charge is 0.493 e. The maximum absolute atomic E-state index is 6.45. The molecule has 0 fully saturated rings. The second-order valence-electron chi connectivity index (χ2n) is 5.12. The average Bonchev–Trinajstić information content (AvgIpc) is 2.91. The number of benzene rings is 1. The van der Waals surface area contributed by atoms with E-state index in [0.29, 0.717) is 0 Å². The molecule has 2 N–H and O–H groups in total. The molecular weight excluding hydrogens is 282 g/mol. The highest BCUT2D eigenvalue weighted by Gasteiger charge is 2.21. The molecule has 0 amide bonds. The Morgan fingerprint density at radius 3 is 2.48 bits per heavy atom. The summed E-state index contributed by atoms with van der Waals surface area (Å²) in [5.41, 5.74) is 8.44. The van der Waals surface area contributed by atoms with Crippen molar-refractivity contribution < 1.29 is 4.74 Å². The van der Waals surface area contributed by atoms with Crippen molar-refractivity contribution in [2.45, 2.75) is 37.8 Å². The molecule has 0 aliphatic heterocycles. The Morgan fingerprint density at radius 2 is 1.95 bits per heavy atom. The normalized spacial score (nSPS) is 12.7. The highest BCUT2D eigenvalue weighted by Crippen LogP contribution is 2.31. The number of nitrogens with zero attached hydrogens (tertiary/aromatic N) is 2. The van der Waals surface area contributed by atoms with Crippen LogP contribution >= 0.6 is 11.8 Å². The van der Waals surface area contributed by atoms with Gasteiger partial charge < -0.3 is 10.5 Å². The first-order chi connectivity index (χ1) is 10.1. The summed E-state index contributed by atoms with van der Waals surface area (Å²) in [6, 6.07) is 8.40. The number of aromatic nitrogens is 2. The fourth-order valence-corrected chi connectivity index (χ4v) is 2.98. The summed E-state index contributed by atoms with van der Waals surface area (Å²) >= 11 is 1.83. The Balaban J connectivity index is 2.34. The zero-order valence-corrected chi connectivity index (χ0v) is 13.9. The molecule has 0 saturated heterocycles. The topological polar surface area (TPSA) is 53.1 Å². The van der Waals surface area contributed by atoms with Crippen LogP contribution in [0.15, 0.2) is 35.4 Å². The minimum absolute atomic E-state index is 0.241. The zero-order valence-electron chi connectivity index (χ0n) is 13.0. The summed E-state index contributed by atoms with van der Waals surface area (Å²) in [4.78, 5) is 1.26. The maximum atomic E-state index is 6.45. The summed E-state index contributed by atoms with van der Waals surface area (Å²) in [7, 11) is 1.65. The van der Waals surface area contributed by atoms with Crippen LogP contribution in [0.4, 0.5) is 0 Å². The molecule has 21 heavy (non-hydrogen) atoms. The second kappa shape index (κ2) is 7.00. The van der Waals surface area contributed by atoms with Crippen LogP contribution in [-0.4, -0.2) is 22.6 Å². The SMILES string of the molecule is CCSc1ccc(C(N)c2c(OC)cnn2C(C)C)cc1. The standard InChI is InChI=1S/C16H23N3OS/c1-5-21-13-8-6-12(7-9-13)15(17)16-14(20-4)10-18-19(16)11(2)3/h6-11,15H,5,17H2,1-4H3. The van der Waals surface area contributed by atoms with E-state index in [0.717, 1.165) is 22.8 Å². The van der Waals surface area contributed by atoms with E-state index < -0.39 is 0 Å². The van der Waals surface area contributed by atoms with Gasteiger partial charge >= 0.3 is 0 Å². The number of ether oxygens (including phenoxy) is 1. The van der Waals surface area contributed by atoms with Gasteiger partial charge in [0.1, 0.15) is 5.69 Å². The van der Waals surface area contributed by atoms with E-state index in [2.05, 4.69) is 50.1 Å². The molecule has 0 radical (unpaired) electrons. The van der Waals surface area contributed by atoms with Gasteiger partial charge in [-0.15, -0.1) is 11.8 Å². The summed E-state index contributed by atoms with van der Waals surface area (Å²) < 4.78 is 7.34. The van der Waals surface area contributed by atoms with Gasteiger partial charge in [0.05, 0.1) is 19.3 Å². The van der Waals surface area contributed by atoms with E-state index in [-0.39, 0.29) is 12.1 Å². The van der Waals surface area contributed by atoms with Crippen LogP contribution < -0.4 is 10.5 Å². The monoisotopic (exact) mass is 305 g/mol. The lowest BCUT2D eigenvalue weighted by Crippen LogP contribution is -2.19. The lowest BCUT2D eigenvalue weighted by atomic mass is 10.0. The predicted octanol–water partition coefficient (Wildman–Crippen LogP) is 3.63. The third-order valence-corrected chi connectivity index (χ3v) is 4.25.